The molecule has 156 valence electrons. The van der Waals surface area contributed by atoms with Gasteiger partial charge in [-0.25, -0.2) is 4.98 Å². The first-order valence-corrected chi connectivity index (χ1v) is 11.2. The van der Waals surface area contributed by atoms with Crippen molar-refractivity contribution in [1.82, 2.24) is 19.8 Å². The zero-order valence-electron chi connectivity index (χ0n) is 16.8. The van der Waals surface area contributed by atoms with Crippen LogP contribution in [0, 0.1) is 0 Å². The lowest BCUT2D eigenvalue weighted by atomic mass is 10.2. The largest absolute Gasteiger partial charge is 0.349 e. The van der Waals surface area contributed by atoms with Crippen LogP contribution in [-0.4, -0.2) is 46.5 Å². The van der Waals surface area contributed by atoms with E-state index in [2.05, 4.69) is 31.1 Å². The van der Waals surface area contributed by atoms with Crippen molar-refractivity contribution < 1.29 is 4.79 Å². The number of hydrogen-bond acceptors (Lipinski definition) is 4. The summed E-state index contributed by atoms with van der Waals surface area (Å²) in [6.45, 7) is 4.13. The highest BCUT2D eigenvalue weighted by Crippen LogP contribution is 2.14. The van der Waals surface area contributed by atoms with Crippen LogP contribution in [0.5, 0.6) is 0 Å². The van der Waals surface area contributed by atoms with Crippen molar-refractivity contribution in [2.24, 2.45) is 0 Å². The molecule has 7 heteroatoms. The Bertz CT molecular complexity index is 1090. The molecule has 1 N–H and O–H groups in total. The van der Waals surface area contributed by atoms with Crippen LogP contribution in [0.15, 0.2) is 57.8 Å². The number of carbonyl (C=O) groups excluding carboxylic acids is 1. The van der Waals surface area contributed by atoms with Crippen molar-refractivity contribution >= 4 is 32.7 Å². The highest BCUT2D eigenvalue weighted by Gasteiger charge is 2.18. The fourth-order valence-electron chi connectivity index (χ4n) is 3.85. The predicted octanol–water partition coefficient (Wildman–Crippen LogP) is 3.42. The van der Waals surface area contributed by atoms with Crippen LogP contribution < -0.4 is 10.9 Å². The molecule has 1 fully saturated rings. The van der Waals surface area contributed by atoms with Crippen LogP contribution in [0.25, 0.3) is 10.9 Å². The Morgan fingerprint density at radius 3 is 2.57 bits per heavy atom. The summed E-state index contributed by atoms with van der Waals surface area (Å²) in [7, 11) is 0. The molecule has 0 atom stereocenters. The second-order valence-electron chi connectivity index (χ2n) is 7.63. The minimum Gasteiger partial charge on any atom is -0.349 e. The van der Waals surface area contributed by atoms with Crippen LogP contribution in [0.4, 0.5) is 0 Å². The van der Waals surface area contributed by atoms with Gasteiger partial charge < -0.3 is 10.2 Å². The Morgan fingerprint density at radius 2 is 1.80 bits per heavy atom. The molecule has 0 aliphatic carbocycles. The SMILES string of the molecule is O=C(NCCCN1CCCC1)c1nc2ccccc2c(=O)n1Cc1ccc(Br)cc1. The first kappa shape index (κ1) is 20.8. The Morgan fingerprint density at radius 1 is 1.07 bits per heavy atom. The number of amides is 1. The van der Waals surface area contributed by atoms with Crippen LogP contribution in [0.1, 0.15) is 35.4 Å². The number of halogens is 1. The maximum Gasteiger partial charge on any atom is 0.287 e. The lowest BCUT2D eigenvalue weighted by molar-refractivity contribution is 0.0936. The highest BCUT2D eigenvalue weighted by molar-refractivity contribution is 9.10. The molecule has 6 nitrogen and oxygen atoms in total. The Balaban J connectivity index is 1.57. The van der Waals surface area contributed by atoms with E-state index in [-0.39, 0.29) is 17.3 Å². The van der Waals surface area contributed by atoms with Gasteiger partial charge in [0.25, 0.3) is 11.5 Å². The lowest BCUT2D eigenvalue weighted by Crippen LogP contribution is -2.35. The van der Waals surface area contributed by atoms with Crippen LogP contribution in [0.3, 0.4) is 0 Å². The average molecular weight is 469 g/mol. The third kappa shape index (κ3) is 4.79. The molecule has 0 spiro atoms. The third-order valence-corrected chi connectivity index (χ3v) is 5.98. The molecule has 0 saturated carbocycles. The number of fused-ring (bicyclic) bond motifs is 1. The van der Waals surface area contributed by atoms with Gasteiger partial charge in [0.15, 0.2) is 0 Å². The number of likely N-dealkylation sites (tertiary alicyclic amines) is 1. The van der Waals surface area contributed by atoms with Crippen molar-refractivity contribution in [3.63, 3.8) is 0 Å². The quantitative estimate of drug-likeness (QED) is 0.539. The second-order valence-corrected chi connectivity index (χ2v) is 8.54. The molecular weight excluding hydrogens is 444 g/mol. The molecule has 3 aromatic rings. The fourth-order valence-corrected chi connectivity index (χ4v) is 4.11. The number of carbonyl (C=O) groups is 1. The minimum atomic E-state index is -0.309. The van der Waals surface area contributed by atoms with Gasteiger partial charge in [0.1, 0.15) is 0 Å². The number of benzene rings is 2. The summed E-state index contributed by atoms with van der Waals surface area (Å²) < 4.78 is 2.44. The van der Waals surface area contributed by atoms with Gasteiger partial charge in [-0.15, -0.1) is 0 Å². The standard InChI is InChI=1S/C23H25BrN4O2/c24-18-10-8-17(9-11-18)16-28-21(26-20-7-2-1-6-19(20)23(28)30)22(29)25-12-5-15-27-13-3-4-14-27/h1-2,6-11H,3-5,12-16H2,(H,25,29). The minimum absolute atomic E-state index is 0.155. The first-order valence-electron chi connectivity index (χ1n) is 10.4. The zero-order valence-corrected chi connectivity index (χ0v) is 18.4. The van der Waals surface area contributed by atoms with E-state index in [0.717, 1.165) is 36.1 Å². The van der Waals surface area contributed by atoms with E-state index in [1.165, 1.54) is 17.4 Å². The van der Waals surface area contributed by atoms with Crippen LogP contribution in [-0.2, 0) is 6.54 Å². The summed E-state index contributed by atoms with van der Waals surface area (Å²) >= 11 is 3.43. The monoisotopic (exact) mass is 468 g/mol. The summed E-state index contributed by atoms with van der Waals surface area (Å²) in [6, 6.07) is 14.9. The molecule has 30 heavy (non-hydrogen) atoms. The van der Waals surface area contributed by atoms with Crippen LogP contribution in [0.2, 0.25) is 0 Å². The smallest absolute Gasteiger partial charge is 0.287 e. The molecule has 4 rings (SSSR count). The van der Waals surface area contributed by atoms with Crippen molar-refractivity contribution in [2.45, 2.75) is 25.8 Å². The van der Waals surface area contributed by atoms with Crippen molar-refractivity contribution in [2.75, 3.05) is 26.2 Å². The van der Waals surface area contributed by atoms with E-state index < -0.39 is 0 Å². The fraction of sp³-hybridized carbons (Fsp3) is 0.348. The normalized spacial score (nSPS) is 14.3. The zero-order chi connectivity index (χ0) is 20.9. The number of rotatable bonds is 7. The van der Waals surface area contributed by atoms with Gasteiger partial charge in [-0.05, 0) is 68.7 Å². The second kappa shape index (κ2) is 9.53. The Kier molecular flexibility index (Phi) is 6.59. The molecule has 1 amide bonds. The molecule has 2 heterocycles. The van der Waals surface area contributed by atoms with E-state index in [1.54, 1.807) is 12.1 Å². The third-order valence-electron chi connectivity index (χ3n) is 5.45. The lowest BCUT2D eigenvalue weighted by Gasteiger charge is -2.16. The number of aromatic nitrogens is 2. The summed E-state index contributed by atoms with van der Waals surface area (Å²) in [5.74, 6) is -0.154. The number of nitrogens with one attached hydrogen (secondary N) is 1. The van der Waals surface area contributed by atoms with Crippen molar-refractivity contribution in [1.29, 1.82) is 0 Å². The number of hydrogen-bond donors (Lipinski definition) is 1. The summed E-state index contributed by atoms with van der Waals surface area (Å²) in [5.41, 5.74) is 1.27. The van der Waals surface area contributed by atoms with E-state index in [1.807, 2.05) is 36.4 Å². The van der Waals surface area contributed by atoms with Crippen molar-refractivity contribution in [3.8, 4) is 0 Å². The van der Waals surface area contributed by atoms with E-state index in [4.69, 9.17) is 0 Å². The Hall–Kier alpha value is -2.51. The molecule has 2 aromatic carbocycles. The van der Waals surface area contributed by atoms with Gasteiger partial charge in [0.05, 0.1) is 17.4 Å². The van der Waals surface area contributed by atoms with Gasteiger partial charge in [0, 0.05) is 11.0 Å². The molecule has 1 aromatic heterocycles. The van der Waals surface area contributed by atoms with Gasteiger partial charge in [0.2, 0.25) is 5.82 Å². The van der Waals surface area contributed by atoms with E-state index >= 15 is 0 Å². The maximum absolute atomic E-state index is 13.2. The van der Waals surface area contributed by atoms with Gasteiger partial charge in [-0.3, -0.25) is 14.2 Å². The summed E-state index contributed by atoms with van der Waals surface area (Å²) in [6.07, 6.45) is 3.40. The first-order chi connectivity index (χ1) is 14.6. The molecule has 0 radical (unpaired) electrons. The van der Waals surface area contributed by atoms with E-state index in [9.17, 15) is 9.59 Å². The predicted molar refractivity (Wildman–Crippen MR) is 122 cm³/mol. The van der Waals surface area contributed by atoms with Gasteiger partial charge in [-0.2, -0.15) is 0 Å². The van der Waals surface area contributed by atoms with Crippen LogP contribution >= 0.6 is 15.9 Å². The van der Waals surface area contributed by atoms with Crippen molar-refractivity contribution in [3.05, 3.63) is 74.7 Å². The molecule has 0 bridgehead atoms. The highest BCUT2D eigenvalue weighted by atomic mass is 79.9. The van der Waals surface area contributed by atoms with Gasteiger partial charge >= 0.3 is 0 Å². The number of nitrogens with zero attached hydrogens (tertiary/aromatic N) is 3. The number of para-hydroxylation sites is 1. The Labute approximate surface area is 184 Å². The summed E-state index contributed by atoms with van der Waals surface area (Å²) in [5, 5.41) is 3.47. The molecule has 1 aliphatic heterocycles. The molecule has 1 saturated heterocycles. The topological polar surface area (TPSA) is 67.2 Å². The molecule has 0 unspecified atom stereocenters. The molecule has 1 aliphatic rings. The van der Waals surface area contributed by atoms with Gasteiger partial charge in [-0.1, -0.05) is 40.2 Å². The average Bonchev–Trinajstić information content (AvgIpc) is 3.28. The molecular formula is C23H25BrN4O2. The van der Waals surface area contributed by atoms with E-state index in [0.29, 0.717) is 24.0 Å². The summed E-state index contributed by atoms with van der Waals surface area (Å²) in [4.78, 5) is 33.1. The maximum atomic E-state index is 13.2.